The van der Waals surface area contributed by atoms with E-state index in [1.807, 2.05) is 34.0 Å². The Morgan fingerprint density at radius 1 is 0.556 bits per heavy atom. The van der Waals surface area contributed by atoms with Gasteiger partial charge < -0.3 is 15.6 Å². The Kier molecular flexibility index (Phi) is 12.3. The van der Waals surface area contributed by atoms with Crippen LogP contribution in [-0.4, -0.2) is 44.2 Å². The van der Waals surface area contributed by atoms with Crippen LogP contribution in [0.5, 0.6) is 0 Å². The molecule has 4 N–H and O–H groups in total. The van der Waals surface area contributed by atoms with Gasteiger partial charge in [0.1, 0.15) is 6.67 Å². The Hall–Kier alpha value is -2.00. The van der Waals surface area contributed by atoms with Gasteiger partial charge in [-0.05, 0) is 90.5 Å². The Morgan fingerprint density at radius 2 is 0.981 bits per heavy atom. The second-order valence-corrected chi connectivity index (χ2v) is 17.0. The second kappa shape index (κ2) is 16.5. The largest absolute Gasteiger partial charge is 0.325 e. The molecule has 6 heterocycles. The summed E-state index contributed by atoms with van der Waals surface area (Å²) in [4.78, 5) is 16.9. The fourth-order valence-corrected chi connectivity index (χ4v) is 11.0. The Labute approximate surface area is 371 Å². The van der Waals surface area contributed by atoms with E-state index in [9.17, 15) is 0 Å². The Morgan fingerprint density at radius 3 is 1.50 bits per heavy atom. The first-order valence-corrected chi connectivity index (χ1v) is 19.8. The summed E-state index contributed by atoms with van der Waals surface area (Å²) < 4.78 is 0. The van der Waals surface area contributed by atoms with Crippen molar-refractivity contribution >= 4 is 45.2 Å². The standard InChI is InChI=1S/C42H35N6S3.3W/c1-22-4-7-28(40-37(22)43-19-46-40)34-13-10-31(49-34)25-16-26(32-11-14-35(50-32)29-8-5-23(2)38-41(29)47-20-44-38)18-27(17-25)33-12-15-36(51-33)30-9-6-24(3)39-42(30)48-21-45-39;;;/h7-18,37-38,40-41,43-44,46-47H,19-21H2,1-3H3;;;/q-3;;;. The van der Waals surface area contributed by atoms with Crippen molar-refractivity contribution in [2.24, 2.45) is 9.98 Å². The molecule has 0 saturated carbocycles. The van der Waals surface area contributed by atoms with Crippen molar-refractivity contribution < 1.29 is 63.2 Å². The third-order valence-electron chi connectivity index (χ3n) is 10.6. The van der Waals surface area contributed by atoms with Gasteiger partial charge in [-0.2, -0.15) is 46.0 Å². The molecule has 6 nitrogen and oxygen atoms in total. The molecule has 54 heavy (non-hydrogen) atoms. The zero-order valence-corrected chi connectivity index (χ0v) is 41.0. The van der Waals surface area contributed by atoms with E-state index in [0.717, 1.165) is 35.2 Å². The molecule has 272 valence electrons. The third-order valence-corrected chi connectivity index (χ3v) is 14.2. The molecule has 12 heteroatoms. The minimum Gasteiger partial charge on any atom is -0.325 e. The monoisotopic (exact) mass is 1270 g/mol. The van der Waals surface area contributed by atoms with Gasteiger partial charge in [0.2, 0.25) is 0 Å². The normalized spacial score (nSPS) is 22.1. The molecule has 4 atom stereocenters. The Bertz CT molecular complexity index is 2400. The summed E-state index contributed by atoms with van der Waals surface area (Å²) in [6.07, 6.45) is 11.4. The molecule has 2 fully saturated rings. The van der Waals surface area contributed by atoms with Crippen molar-refractivity contribution in [2.45, 2.75) is 44.9 Å². The Balaban J connectivity index is 0.00000150. The van der Waals surface area contributed by atoms with Crippen LogP contribution in [0.4, 0.5) is 0 Å². The number of hydrogen-bond donors (Lipinski definition) is 4. The maximum Gasteiger partial charge on any atom is 0.115 e. The van der Waals surface area contributed by atoms with Crippen LogP contribution >= 0.6 is 34.0 Å². The van der Waals surface area contributed by atoms with Crippen molar-refractivity contribution in [3.8, 4) is 41.8 Å². The smallest absolute Gasteiger partial charge is 0.115 e. The van der Waals surface area contributed by atoms with E-state index in [1.165, 1.54) is 68.2 Å². The molecule has 10 rings (SSSR count). The molecule has 3 aliphatic heterocycles. The van der Waals surface area contributed by atoms with Crippen molar-refractivity contribution in [2.75, 3.05) is 20.0 Å². The second-order valence-electron chi connectivity index (χ2n) is 13.7. The summed E-state index contributed by atoms with van der Waals surface area (Å²) in [5.41, 5.74) is 11.0. The first kappa shape index (κ1) is 40.2. The zero-order chi connectivity index (χ0) is 34.2. The van der Waals surface area contributed by atoms with Crippen LogP contribution in [0.25, 0.3) is 52.9 Å². The molecular weight excluding hydrogens is 1240 g/mol. The van der Waals surface area contributed by atoms with Crippen molar-refractivity contribution in [1.82, 2.24) is 21.3 Å². The number of thiophene rings is 3. The van der Waals surface area contributed by atoms with E-state index in [1.54, 1.807) is 0 Å². The van der Waals surface area contributed by atoms with Crippen molar-refractivity contribution in [3.05, 3.63) is 128 Å². The van der Waals surface area contributed by atoms with Gasteiger partial charge in [-0.25, -0.2) is 24.3 Å². The molecule has 3 aromatic heterocycles. The van der Waals surface area contributed by atoms with Gasteiger partial charge in [0, 0.05) is 103 Å². The molecule has 2 aliphatic carbocycles. The van der Waals surface area contributed by atoms with Gasteiger partial charge in [0.05, 0.1) is 0 Å². The first-order valence-electron chi connectivity index (χ1n) is 17.4. The van der Waals surface area contributed by atoms with Gasteiger partial charge in [-0.1, -0.05) is 44.5 Å². The van der Waals surface area contributed by atoms with Crippen molar-refractivity contribution in [3.63, 3.8) is 0 Å². The molecular formula is C42H35N6S3W3-3. The van der Waals surface area contributed by atoms with Crippen LogP contribution in [0.2, 0.25) is 0 Å². The molecule has 2 aromatic carbocycles. The average Bonchev–Trinajstić information content (AvgIpc) is 3.98. The maximum absolute atomic E-state index is 4.74. The summed E-state index contributed by atoms with van der Waals surface area (Å²) in [5, 5.41) is 16.5. The summed E-state index contributed by atoms with van der Waals surface area (Å²) in [5.74, 6) is 0. The molecule has 5 aromatic rings. The number of nitrogens with zero attached hydrogens (tertiary/aromatic N) is 2. The van der Waals surface area contributed by atoms with E-state index in [4.69, 9.17) is 4.99 Å². The SMILES string of the molecule is CC1=[C-]C=C(c2ccc(-c3cc(-c4ccc(C5=C[C-]=C(C)C6NCNC56)s4)cc(-c4ccc(-c5c[c-]c(C)c6c5=NCN=6)s4)c3)s2)C2NCNC12.[W].[W].[W]. The average molecular weight is 1270 g/mol. The van der Waals surface area contributed by atoms with Crippen molar-refractivity contribution in [1.29, 1.82) is 0 Å². The van der Waals surface area contributed by atoms with Gasteiger partial charge in [0.25, 0.3) is 0 Å². The molecule has 0 bridgehead atoms. The number of nitrogens with one attached hydrogen (secondary N) is 4. The van der Waals surface area contributed by atoms with Crippen LogP contribution in [0, 0.1) is 25.1 Å². The van der Waals surface area contributed by atoms with Crippen LogP contribution in [-0.2, 0) is 63.2 Å². The van der Waals surface area contributed by atoms with Crippen LogP contribution in [0.15, 0.2) is 93.9 Å². The van der Waals surface area contributed by atoms with Gasteiger partial charge >= 0.3 is 0 Å². The number of aryl methyl sites for hydroxylation is 1. The number of rotatable bonds is 6. The molecule has 5 aliphatic rings. The minimum atomic E-state index is 0. The maximum atomic E-state index is 4.74. The molecule has 0 radical (unpaired) electrons. The summed E-state index contributed by atoms with van der Waals surface area (Å²) >= 11 is 5.54. The molecule has 4 unspecified atom stereocenters. The molecule has 0 amide bonds. The first-order chi connectivity index (χ1) is 25.0. The van der Waals surface area contributed by atoms with Gasteiger partial charge in [0.15, 0.2) is 0 Å². The van der Waals surface area contributed by atoms with Gasteiger partial charge in [-0.15, -0.1) is 28.0 Å². The van der Waals surface area contributed by atoms with E-state index in [-0.39, 0.29) is 75.3 Å². The third kappa shape index (κ3) is 7.11. The topological polar surface area (TPSA) is 72.8 Å². The minimum absolute atomic E-state index is 0. The van der Waals surface area contributed by atoms with Crippen LogP contribution in [0.3, 0.4) is 0 Å². The molecule has 2 saturated heterocycles. The van der Waals surface area contributed by atoms with E-state index in [0.29, 0.717) is 18.8 Å². The van der Waals surface area contributed by atoms with E-state index >= 15 is 0 Å². The summed E-state index contributed by atoms with van der Waals surface area (Å²) in [6, 6.07) is 27.4. The predicted octanol–water partition coefficient (Wildman–Crippen LogP) is 6.92. The summed E-state index contributed by atoms with van der Waals surface area (Å²) in [6.45, 7) is 8.51. The fraction of sp³-hybridized carbons (Fsp3) is 0.238. The quantitative estimate of drug-likeness (QED) is 0.140. The van der Waals surface area contributed by atoms with Crippen LogP contribution < -0.4 is 32.0 Å². The number of allylic oxidation sites excluding steroid dienone is 4. The molecule has 0 spiro atoms. The zero-order valence-electron chi connectivity index (χ0n) is 29.7. The number of benzene rings is 2. The van der Waals surface area contributed by atoms with Gasteiger partial charge in [-0.3, -0.25) is 15.6 Å². The van der Waals surface area contributed by atoms with E-state index in [2.05, 4.69) is 138 Å². The van der Waals surface area contributed by atoms with Crippen LogP contribution in [0.1, 0.15) is 29.2 Å². The van der Waals surface area contributed by atoms with E-state index < -0.39 is 0 Å². The number of hydrogen-bond acceptors (Lipinski definition) is 9. The number of fused-ring (bicyclic) bond motifs is 3. The summed E-state index contributed by atoms with van der Waals surface area (Å²) in [7, 11) is 0. The predicted molar refractivity (Wildman–Crippen MR) is 211 cm³/mol. The fourth-order valence-electron chi connectivity index (χ4n) is 7.93.